The first-order valence-electron chi connectivity index (χ1n) is 6.02. The van der Waals surface area contributed by atoms with E-state index in [4.69, 9.17) is 4.74 Å². The Kier molecular flexibility index (Phi) is 3.78. The van der Waals surface area contributed by atoms with Crippen molar-refractivity contribution in [1.29, 1.82) is 0 Å². The molecule has 0 spiro atoms. The van der Waals surface area contributed by atoms with Crippen molar-refractivity contribution in [1.82, 2.24) is 10.6 Å². The molecule has 1 aliphatic carbocycles. The molecule has 2 N–H and O–H groups in total. The number of rotatable bonds is 5. The number of hydrogen-bond acceptors (Lipinski definition) is 3. The van der Waals surface area contributed by atoms with Crippen molar-refractivity contribution < 1.29 is 4.74 Å². The van der Waals surface area contributed by atoms with Crippen LogP contribution in [0, 0.1) is 0 Å². The van der Waals surface area contributed by atoms with Crippen LogP contribution in [0.1, 0.15) is 26.7 Å². The Morgan fingerprint density at radius 2 is 2.20 bits per heavy atom. The van der Waals surface area contributed by atoms with Crippen LogP contribution >= 0.6 is 0 Å². The molecule has 3 heteroatoms. The SMILES string of the molecule is CCOC1CC(NCC(C)=C2CNC2)C1. The summed E-state index contributed by atoms with van der Waals surface area (Å²) < 4.78 is 5.53. The predicted molar refractivity (Wildman–Crippen MR) is 62.0 cm³/mol. The molecule has 0 aromatic rings. The van der Waals surface area contributed by atoms with Crippen molar-refractivity contribution in [2.75, 3.05) is 26.2 Å². The van der Waals surface area contributed by atoms with Gasteiger partial charge in [0.2, 0.25) is 0 Å². The first-order valence-corrected chi connectivity index (χ1v) is 6.02. The first-order chi connectivity index (χ1) is 7.29. The molecule has 2 aliphatic rings. The minimum Gasteiger partial charge on any atom is -0.378 e. The lowest BCUT2D eigenvalue weighted by molar-refractivity contribution is -0.00915. The van der Waals surface area contributed by atoms with Crippen LogP contribution in [0.4, 0.5) is 0 Å². The second-order valence-corrected chi connectivity index (χ2v) is 4.61. The highest BCUT2D eigenvalue weighted by molar-refractivity contribution is 5.22. The zero-order valence-electron chi connectivity index (χ0n) is 9.81. The quantitative estimate of drug-likeness (QED) is 0.666. The van der Waals surface area contributed by atoms with Gasteiger partial charge in [-0.25, -0.2) is 0 Å². The van der Waals surface area contributed by atoms with Gasteiger partial charge < -0.3 is 15.4 Å². The standard InChI is InChI=1S/C12H22N2O/c1-3-15-12-4-11(5-12)14-6-9(2)10-7-13-8-10/h11-14H,3-8H2,1-2H3. The van der Waals surface area contributed by atoms with Crippen molar-refractivity contribution in [2.45, 2.75) is 38.8 Å². The van der Waals surface area contributed by atoms with Crippen molar-refractivity contribution in [3.63, 3.8) is 0 Å². The molecule has 0 aromatic heterocycles. The lowest BCUT2D eigenvalue weighted by Crippen LogP contribution is -2.46. The van der Waals surface area contributed by atoms with E-state index in [0.29, 0.717) is 12.1 Å². The molecule has 2 rings (SSSR count). The van der Waals surface area contributed by atoms with E-state index in [-0.39, 0.29) is 0 Å². The van der Waals surface area contributed by atoms with Crippen molar-refractivity contribution >= 4 is 0 Å². The molecule has 1 aliphatic heterocycles. The summed E-state index contributed by atoms with van der Waals surface area (Å²) in [7, 11) is 0. The second-order valence-electron chi connectivity index (χ2n) is 4.61. The maximum atomic E-state index is 5.53. The molecule has 15 heavy (non-hydrogen) atoms. The fourth-order valence-electron chi connectivity index (χ4n) is 2.08. The van der Waals surface area contributed by atoms with Crippen molar-refractivity contribution in [3.05, 3.63) is 11.1 Å². The summed E-state index contributed by atoms with van der Waals surface area (Å²) in [4.78, 5) is 0. The molecule has 0 radical (unpaired) electrons. The van der Waals surface area contributed by atoms with E-state index in [9.17, 15) is 0 Å². The molecule has 1 heterocycles. The maximum Gasteiger partial charge on any atom is 0.0604 e. The highest BCUT2D eigenvalue weighted by atomic mass is 16.5. The lowest BCUT2D eigenvalue weighted by Gasteiger charge is -2.36. The van der Waals surface area contributed by atoms with E-state index < -0.39 is 0 Å². The third-order valence-electron chi connectivity index (χ3n) is 3.43. The molecule has 2 fully saturated rings. The molecule has 0 atom stereocenters. The maximum absolute atomic E-state index is 5.53. The van der Waals surface area contributed by atoms with Crippen LogP contribution in [0.15, 0.2) is 11.1 Å². The normalized spacial score (nSPS) is 29.6. The number of hydrogen-bond donors (Lipinski definition) is 2. The number of ether oxygens (including phenoxy) is 1. The molecule has 1 saturated carbocycles. The summed E-state index contributed by atoms with van der Waals surface area (Å²) >= 11 is 0. The van der Waals surface area contributed by atoms with Gasteiger partial charge in [-0.05, 0) is 32.3 Å². The minimum atomic E-state index is 0.519. The van der Waals surface area contributed by atoms with Crippen LogP contribution in [0.2, 0.25) is 0 Å². The van der Waals surface area contributed by atoms with Gasteiger partial charge in [0.15, 0.2) is 0 Å². The zero-order valence-corrected chi connectivity index (χ0v) is 9.81. The lowest BCUT2D eigenvalue weighted by atomic mass is 9.89. The molecular formula is C12H22N2O. The van der Waals surface area contributed by atoms with Crippen LogP contribution < -0.4 is 10.6 Å². The Balaban J connectivity index is 1.60. The molecule has 1 saturated heterocycles. The molecule has 86 valence electrons. The van der Waals surface area contributed by atoms with Crippen LogP contribution in [0.3, 0.4) is 0 Å². The monoisotopic (exact) mass is 210 g/mol. The van der Waals surface area contributed by atoms with E-state index in [1.54, 1.807) is 5.57 Å². The molecule has 3 nitrogen and oxygen atoms in total. The summed E-state index contributed by atoms with van der Waals surface area (Å²) in [6.45, 7) is 8.41. The highest BCUT2D eigenvalue weighted by Gasteiger charge is 2.28. The van der Waals surface area contributed by atoms with Gasteiger partial charge in [-0.2, -0.15) is 0 Å². The minimum absolute atomic E-state index is 0.519. The largest absolute Gasteiger partial charge is 0.378 e. The van der Waals surface area contributed by atoms with Gasteiger partial charge in [0.05, 0.1) is 6.10 Å². The third-order valence-corrected chi connectivity index (χ3v) is 3.43. The zero-order chi connectivity index (χ0) is 10.7. The third kappa shape index (κ3) is 2.80. The smallest absolute Gasteiger partial charge is 0.0604 e. The van der Waals surface area contributed by atoms with Gasteiger partial charge in [-0.1, -0.05) is 5.57 Å². The fourth-order valence-corrected chi connectivity index (χ4v) is 2.08. The number of nitrogens with one attached hydrogen (secondary N) is 2. The predicted octanol–water partition coefficient (Wildman–Crippen LogP) is 1.06. The fraction of sp³-hybridized carbons (Fsp3) is 0.833. The topological polar surface area (TPSA) is 33.3 Å². The molecule has 0 bridgehead atoms. The Morgan fingerprint density at radius 1 is 1.47 bits per heavy atom. The van der Waals surface area contributed by atoms with Crippen LogP contribution in [0.5, 0.6) is 0 Å². The average molecular weight is 210 g/mol. The van der Waals surface area contributed by atoms with Crippen LogP contribution in [-0.2, 0) is 4.74 Å². The van der Waals surface area contributed by atoms with E-state index in [1.807, 2.05) is 0 Å². The molecule has 0 amide bonds. The van der Waals surface area contributed by atoms with E-state index >= 15 is 0 Å². The summed E-state index contributed by atoms with van der Waals surface area (Å²) in [6.07, 6.45) is 2.90. The summed E-state index contributed by atoms with van der Waals surface area (Å²) in [5, 5.41) is 6.87. The average Bonchev–Trinajstić information content (AvgIpc) is 2.05. The Bertz CT molecular complexity index is 238. The molecular weight excluding hydrogens is 188 g/mol. The van der Waals surface area contributed by atoms with Gasteiger partial charge in [0.1, 0.15) is 0 Å². The summed E-state index contributed by atoms with van der Waals surface area (Å²) in [6, 6.07) is 0.685. The van der Waals surface area contributed by atoms with Gasteiger partial charge in [-0.15, -0.1) is 0 Å². The highest BCUT2D eigenvalue weighted by Crippen LogP contribution is 2.23. The Labute approximate surface area is 92.3 Å². The van der Waals surface area contributed by atoms with E-state index in [2.05, 4.69) is 24.5 Å². The van der Waals surface area contributed by atoms with E-state index in [1.165, 1.54) is 18.4 Å². The molecule has 0 unspecified atom stereocenters. The summed E-state index contributed by atoms with van der Waals surface area (Å²) in [5.74, 6) is 0. The van der Waals surface area contributed by atoms with Gasteiger partial charge in [0.25, 0.3) is 0 Å². The van der Waals surface area contributed by atoms with Crippen molar-refractivity contribution in [3.8, 4) is 0 Å². The Morgan fingerprint density at radius 3 is 2.73 bits per heavy atom. The van der Waals surface area contributed by atoms with Gasteiger partial charge in [-0.3, -0.25) is 0 Å². The molecule has 0 aromatic carbocycles. The van der Waals surface area contributed by atoms with Gasteiger partial charge >= 0.3 is 0 Å². The van der Waals surface area contributed by atoms with Crippen LogP contribution in [0.25, 0.3) is 0 Å². The van der Waals surface area contributed by atoms with Crippen molar-refractivity contribution in [2.24, 2.45) is 0 Å². The van der Waals surface area contributed by atoms with Gasteiger partial charge in [0, 0.05) is 32.3 Å². The first kappa shape index (κ1) is 11.1. The Hall–Kier alpha value is -0.380. The van der Waals surface area contributed by atoms with E-state index in [0.717, 1.165) is 26.2 Å². The second kappa shape index (κ2) is 5.10. The van der Waals surface area contributed by atoms with Crippen LogP contribution in [-0.4, -0.2) is 38.4 Å². The summed E-state index contributed by atoms with van der Waals surface area (Å²) in [5.41, 5.74) is 3.11.